The van der Waals surface area contributed by atoms with Gasteiger partial charge in [0.25, 0.3) is 0 Å². The lowest BCUT2D eigenvalue weighted by atomic mass is 10.0. The van der Waals surface area contributed by atoms with Crippen molar-refractivity contribution in [2.75, 3.05) is 40.9 Å². The van der Waals surface area contributed by atoms with Gasteiger partial charge in [-0.2, -0.15) is 0 Å². The minimum Gasteiger partial charge on any atom is -0.390 e. The van der Waals surface area contributed by atoms with Gasteiger partial charge in [0, 0.05) is 6.42 Å². The van der Waals surface area contributed by atoms with Gasteiger partial charge in [-0.1, -0.05) is 244 Å². The second-order valence-electron chi connectivity index (χ2n) is 20.8. The van der Waals surface area contributed by atoms with E-state index in [9.17, 15) is 24.5 Å². The fraction of sp³-hybridized carbons (Fsp3) is 0.945. The predicted octanol–water partition coefficient (Wildman–Crippen LogP) is 15.6. The van der Waals surface area contributed by atoms with E-state index in [4.69, 9.17) is 9.05 Å². The Morgan fingerprint density at radius 1 is 0.523 bits per heavy atom. The summed E-state index contributed by atoms with van der Waals surface area (Å²) in [4.78, 5) is 23.3. The molecule has 388 valence electrons. The summed E-state index contributed by atoms with van der Waals surface area (Å²) < 4.78 is 23.6. The molecule has 1 amide bonds. The number of phosphoric ester groups is 1. The van der Waals surface area contributed by atoms with E-state index >= 15 is 0 Å². The summed E-state index contributed by atoms with van der Waals surface area (Å²) >= 11 is 0. The molecular weight excluding hydrogens is 832 g/mol. The first-order chi connectivity index (χ1) is 31.4. The Balaban J connectivity index is 4.12. The van der Waals surface area contributed by atoms with Gasteiger partial charge in [-0.05, 0) is 38.5 Å². The second-order valence-corrected chi connectivity index (χ2v) is 22.3. The van der Waals surface area contributed by atoms with E-state index in [0.29, 0.717) is 30.3 Å². The molecule has 0 saturated heterocycles. The number of hydrogen-bond donors (Lipinski definition) is 4. The summed E-state index contributed by atoms with van der Waals surface area (Å²) in [5, 5.41) is 24.7. The lowest BCUT2D eigenvalue weighted by Gasteiger charge is -2.28. The summed E-state index contributed by atoms with van der Waals surface area (Å²) in [6.07, 6.45) is 53.1. The first kappa shape index (κ1) is 64.2. The van der Waals surface area contributed by atoms with Gasteiger partial charge in [-0.3, -0.25) is 13.8 Å². The van der Waals surface area contributed by atoms with Crippen molar-refractivity contribution in [1.29, 1.82) is 0 Å². The molecule has 4 N–H and O–H groups in total. The summed E-state index contributed by atoms with van der Waals surface area (Å²) in [5.74, 6) is -0.262. The molecule has 0 aromatic rings. The Hall–Kier alpha value is -0.800. The van der Waals surface area contributed by atoms with Crippen LogP contribution in [0.5, 0.6) is 0 Å². The summed E-state index contributed by atoms with van der Waals surface area (Å²) in [5.41, 5.74) is 0. The van der Waals surface area contributed by atoms with E-state index in [1.165, 1.54) is 212 Å². The van der Waals surface area contributed by atoms with Crippen molar-refractivity contribution in [3.05, 3.63) is 12.2 Å². The number of phosphoric acid groups is 1. The minimum atomic E-state index is -4.42. The third-order valence-corrected chi connectivity index (χ3v) is 14.1. The number of likely N-dealkylation sites (N-methyl/N-ethyl adjacent to an activating group) is 1. The number of aliphatic hydroxyl groups excluding tert-OH is 2. The molecule has 4 unspecified atom stereocenters. The lowest BCUT2D eigenvalue weighted by Crippen LogP contribution is -2.51. The fourth-order valence-electron chi connectivity index (χ4n) is 8.62. The molecule has 10 heteroatoms. The number of carbonyl (C=O) groups is 1. The van der Waals surface area contributed by atoms with Crippen LogP contribution in [0.25, 0.3) is 0 Å². The van der Waals surface area contributed by atoms with Gasteiger partial charge in [0.15, 0.2) is 0 Å². The smallest absolute Gasteiger partial charge is 0.390 e. The van der Waals surface area contributed by atoms with Gasteiger partial charge in [-0.25, -0.2) is 4.57 Å². The molecule has 0 aliphatic rings. The van der Waals surface area contributed by atoms with E-state index in [-0.39, 0.29) is 12.5 Å². The minimum absolute atomic E-state index is 0.0195. The maximum atomic E-state index is 13.0. The number of amides is 1. The quantitative estimate of drug-likeness (QED) is 0.0207. The molecule has 4 atom stereocenters. The Kier molecular flexibility index (Phi) is 46.3. The van der Waals surface area contributed by atoms with Crippen molar-refractivity contribution in [3.8, 4) is 0 Å². The van der Waals surface area contributed by atoms with Crippen LogP contribution in [-0.2, 0) is 18.4 Å². The van der Waals surface area contributed by atoms with Crippen molar-refractivity contribution < 1.29 is 38.0 Å². The van der Waals surface area contributed by atoms with Crippen LogP contribution in [0.2, 0.25) is 0 Å². The van der Waals surface area contributed by atoms with E-state index in [0.717, 1.165) is 32.1 Å². The first-order valence-electron chi connectivity index (χ1n) is 28.1. The SMILES string of the molecule is CCCCCCCCC/C=C/CCCC(O)C(O)C(COP(=O)(O)OCC[N+](C)(C)C)NC(=O)CCCCCCCCCCCCCCCCCCCCCCCCCCCCCCC. The molecule has 0 aromatic carbocycles. The van der Waals surface area contributed by atoms with E-state index in [1.807, 2.05) is 21.1 Å². The first-order valence-corrected chi connectivity index (χ1v) is 29.6. The molecule has 0 fully saturated rings. The highest BCUT2D eigenvalue weighted by Gasteiger charge is 2.31. The van der Waals surface area contributed by atoms with Gasteiger partial charge < -0.3 is 24.9 Å². The van der Waals surface area contributed by atoms with Gasteiger partial charge in [0.1, 0.15) is 19.3 Å². The molecule has 65 heavy (non-hydrogen) atoms. The normalized spacial score (nSPS) is 14.5. The molecule has 9 nitrogen and oxygen atoms in total. The number of nitrogens with one attached hydrogen (secondary N) is 1. The Labute approximate surface area is 404 Å². The number of rotatable bonds is 52. The van der Waals surface area contributed by atoms with E-state index < -0.39 is 32.7 Å². The van der Waals surface area contributed by atoms with Gasteiger partial charge >= 0.3 is 7.82 Å². The zero-order valence-electron chi connectivity index (χ0n) is 43.9. The number of carbonyl (C=O) groups excluding carboxylic acids is 1. The van der Waals surface area contributed by atoms with Gasteiger partial charge in [-0.15, -0.1) is 0 Å². The Morgan fingerprint density at radius 2 is 0.862 bits per heavy atom. The topological polar surface area (TPSA) is 125 Å². The average Bonchev–Trinajstić information content (AvgIpc) is 3.26. The monoisotopic (exact) mass is 944 g/mol. The zero-order chi connectivity index (χ0) is 48.0. The van der Waals surface area contributed by atoms with Crippen LogP contribution in [0.1, 0.15) is 277 Å². The molecule has 0 heterocycles. The highest BCUT2D eigenvalue weighted by atomic mass is 31.2. The number of quaternary nitrogens is 1. The van der Waals surface area contributed by atoms with Crippen molar-refractivity contribution in [2.45, 2.75) is 295 Å². The van der Waals surface area contributed by atoms with Crippen LogP contribution >= 0.6 is 7.82 Å². The van der Waals surface area contributed by atoms with Crippen LogP contribution in [0.3, 0.4) is 0 Å². The molecule has 0 rings (SSSR count). The summed E-state index contributed by atoms with van der Waals surface area (Å²) in [7, 11) is 1.43. The maximum absolute atomic E-state index is 13.0. The third kappa shape index (κ3) is 48.0. The van der Waals surface area contributed by atoms with E-state index in [2.05, 4.69) is 31.3 Å². The predicted molar refractivity (Wildman–Crippen MR) is 278 cm³/mol. The molecule has 0 spiro atoms. The highest BCUT2D eigenvalue weighted by molar-refractivity contribution is 7.47. The third-order valence-electron chi connectivity index (χ3n) is 13.1. The molecule has 0 radical (unpaired) electrons. The Bertz CT molecular complexity index is 1090. The fourth-order valence-corrected chi connectivity index (χ4v) is 9.35. The molecule has 0 saturated carbocycles. The zero-order valence-corrected chi connectivity index (χ0v) is 44.8. The standard InChI is InChI=1S/C55H111N2O7P/c1-6-8-10-12-14-16-18-20-21-22-23-24-25-26-27-28-29-30-31-32-33-34-35-36-38-40-42-44-46-48-54(59)56-52(51-64-65(61,62)63-50-49-57(3,4)5)55(60)53(58)47-45-43-41-39-37-19-17-15-13-11-9-7-2/h39,41,52-53,55,58,60H,6-38,40,42-51H2,1-5H3,(H-,56,59,61,62)/p+1/b41-39+. The highest BCUT2D eigenvalue weighted by Crippen LogP contribution is 2.43. The number of aliphatic hydroxyl groups is 2. The number of hydrogen-bond acceptors (Lipinski definition) is 6. The van der Waals surface area contributed by atoms with Crippen molar-refractivity contribution in [3.63, 3.8) is 0 Å². The number of nitrogens with zero attached hydrogens (tertiary/aromatic N) is 1. The van der Waals surface area contributed by atoms with E-state index in [1.54, 1.807) is 0 Å². The van der Waals surface area contributed by atoms with Crippen molar-refractivity contribution >= 4 is 13.7 Å². The van der Waals surface area contributed by atoms with Gasteiger partial charge in [0.05, 0.1) is 39.9 Å². The molecule has 0 bridgehead atoms. The summed E-state index contributed by atoms with van der Waals surface area (Å²) in [6, 6.07) is -1.04. The molecule has 0 aliphatic carbocycles. The maximum Gasteiger partial charge on any atom is 0.472 e. The molecule has 0 aliphatic heterocycles. The number of allylic oxidation sites excluding steroid dienone is 2. The second kappa shape index (κ2) is 46.9. The van der Waals surface area contributed by atoms with Crippen LogP contribution in [0.15, 0.2) is 12.2 Å². The molecule has 0 aromatic heterocycles. The molecular formula is C55H112N2O7P+. The van der Waals surface area contributed by atoms with Crippen LogP contribution in [0.4, 0.5) is 0 Å². The van der Waals surface area contributed by atoms with Crippen molar-refractivity contribution in [2.24, 2.45) is 0 Å². The largest absolute Gasteiger partial charge is 0.472 e. The van der Waals surface area contributed by atoms with Crippen LogP contribution in [-0.4, -0.2) is 84.6 Å². The van der Waals surface area contributed by atoms with Gasteiger partial charge in [0.2, 0.25) is 5.91 Å². The summed E-state index contributed by atoms with van der Waals surface area (Å²) in [6.45, 7) is 4.61. The Morgan fingerprint density at radius 3 is 1.23 bits per heavy atom. The average molecular weight is 944 g/mol. The number of unbranched alkanes of at least 4 members (excludes halogenated alkanes) is 36. The lowest BCUT2D eigenvalue weighted by molar-refractivity contribution is -0.870. The van der Waals surface area contributed by atoms with Crippen LogP contribution < -0.4 is 5.32 Å². The van der Waals surface area contributed by atoms with Crippen LogP contribution in [0, 0.1) is 0 Å². The van der Waals surface area contributed by atoms with Crippen molar-refractivity contribution in [1.82, 2.24) is 5.32 Å².